The Morgan fingerprint density at radius 2 is 2.20 bits per heavy atom. The third-order valence-corrected chi connectivity index (χ3v) is 4.90. The first kappa shape index (κ1) is 18.3. The van der Waals surface area contributed by atoms with E-state index in [0.29, 0.717) is 21.5 Å². The molecule has 2 heterocycles. The van der Waals surface area contributed by atoms with Gasteiger partial charge in [0.2, 0.25) is 0 Å². The maximum Gasteiger partial charge on any atom is 0.277 e. The van der Waals surface area contributed by atoms with E-state index in [-0.39, 0.29) is 6.61 Å². The largest absolute Gasteiger partial charge is 0.480 e. The molecule has 9 heteroatoms. The van der Waals surface area contributed by atoms with E-state index in [2.05, 4.69) is 47.4 Å². The minimum Gasteiger partial charge on any atom is -0.480 e. The van der Waals surface area contributed by atoms with Crippen LogP contribution in [0.15, 0.2) is 55.0 Å². The maximum atomic E-state index is 11.9. The van der Waals surface area contributed by atoms with Gasteiger partial charge < -0.3 is 9.15 Å². The Kier molecular flexibility index (Phi) is 6.07. The van der Waals surface area contributed by atoms with E-state index < -0.39 is 5.91 Å². The second-order valence-electron chi connectivity index (χ2n) is 4.79. The lowest BCUT2D eigenvalue weighted by Gasteiger charge is -2.11. The van der Waals surface area contributed by atoms with Crippen LogP contribution in [0.25, 0.3) is 10.9 Å². The van der Waals surface area contributed by atoms with Crippen molar-refractivity contribution in [3.8, 4) is 5.75 Å². The van der Waals surface area contributed by atoms with Crippen LogP contribution in [-0.4, -0.2) is 23.7 Å². The summed E-state index contributed by atoms with van der Waals surface area (Å²) in [5.41, 5.74) is 3.05. The van der Waals surface area contributed by atoms with Crippen LogP contribution in [0.5, 0.6) is 5.75 Å². The van der Waals surface area contributed by atoms with Crippen LogP contribution < -0.4 is 10.2 Å². The fourth-order valence-electron chi connectivity index (χ4n) is 2.02. The molecule has 0 saturated heterocycles. The summed E-state index contributed by atoms with van der Waals surface area (Å²) in [6.45, 7) is -0.196. The number of carbonyl (C=O) groups excluding carboxylic acids is 1. The molecule has 0 unspecified atom stereocenters. The molecule has 0 aliphatic carbocycles. The molecule has 2 aromatic heterocycles. The molecule has 0 aliphatic rings. The molecule has 0 bridgehead atoms. The zero-order valence-corrected chi connectivity index (χ0v) is 17.8. The van der Waals surface area contributed by atoms with Crippen LogP contribution in [0, 0.1) is 3.77 Å². The standard InChI is InChI=1S/C16H10Br2IN3O3/c17-11-6-12(18)16(15-10(11)2-1-5-20-15)24-8-14(23)22-21-7-9-3-4-13(19)25-9/h1-7H,8H2,(H,22,23)/b21-7+. The average Bonchev–Trinajstić information content (AvgIpc) is 3.00. The van der Waals surface area contributed by atoms with Crippen LogP contribution in [0.4, 0.5) is 0 Å². The van der Waals surface area contributed by atoms with Crippen molar-refractivity contribution in [1.82, 2.24) is 10.4 Å². The third kappa shape index (κ3) is 4.59. The van der Waals surface area contributed by atoms with Gasteiger partial charge >= 0.3 is 0 Å². The van der Waals surface area contributed by atoms with Gasteiger partial charge in [0.1, 0.15) is 11.3 Å². The van der Waals surface area contributed by atoms with Gasteiger partial charge in [-0.3, -0.25) is 9.78 Å². The molecular formula is C16H10Br2IN3O3. The number of nitrogens with one attached hydrogen (secondary N) is 1. The van der Waals surface area contributed by atoms with Crippen molar-refractivity contribution in [3.63, 3.8) is 0 Å². The first-order chi connectivity index (χ1) is 12.0. The summed E-state index contributed by atoms with van der Waals surface area (Å²) < 4.78 is 13.3. The quantitative estimate of drug-likeness (QED) is 0.275. The molecule has 0 atom stereocenters. The molecule has 0 fully saturated rings. The molecule has 0 radical (unpaired) electrons. The van der Waals surface area contributed by atoms with Crippen molar-refractivity contribution in [2.45, 2.75) is 0 Å². The van der Waals surface area contributed by atoms with Crippen LogP contribution in [0.3, 0.4) is 0 Å². The number of hydrogen-bond donors (Lipinski definition) is 1. The molecule has 0 saturated carbocycles. The number of furan rings is 1. The van der Waals surface area contributed by atoms with Gasteiger partial charge in [-0.25, -0.2) is 5.43 Å². The van der Waals surface area contributed by atoms with Gasteiger partial charge in [-0.05, 0) is 62.8 Å². The smallest absolute Gasteiger partial charge is 0.277 e. The van der Waals surface area contributed by atoms with Gasteiger partial charge in [-0.1, -0.05) is 22.0 Å². The molecule has 25 heavy (non-hydrogen) atoms. The minimum atomic E-state index is -0.392. The Hall–Kier alpha value is -1.46. The molecule has 1 aromatic carbocycles. The predicted octanol–water partition coefficient (Wildman–Crippen LogP) is 4.49. The highest BCUT2D eigenvalue weighted by molar-refractivity contribution is 14.1. The topological polar surface area (TPSA) is 76.7 Å². The van der Waals surface area contributed by atoms with Crippen molar-refractivity contribution >= 4 is 77.5 Å². The summed E-state index contributed by atoms with van der Waals surface area (Å²) in [6.07, 6.45) is 3.09. The first-order valence-electron chi connectivity index (χ1n) is 6.97. The van der Waals surface area contributed by atoms with Gasteiger partial charge in [0.25, 0.3) is 5.91 Å². The number of rotatable bonds is 5. The second-order valence-corrected chi connectivity index (χ2v) is 7.56. The monoisotopic (exact) mass is 577 g/mol. The molecule has 0 spiro atoms. The van der Waals surface area contributed by atoms with Crippen LogP contribution >= 0.6 is 54.5 Å². The maximum absolute atomic E-state index is 11.9. The van der Waals surface area contributed by atoms with E-state index in [1.165, 1.54) is 6.21 Å². The Morgan fingerprint density at radius 1 is 1.36 bits per heavy atom. The number of nitrogens with zero attached hydrogens (tertiary/aromatic N) is 2. The lowest BCUT2D eigenvalue weighted by atomic mass is 10.2. The highest BCUT2D eigenvalue weighted by Crippen LogP contribution is 2.37. The number of hydrogen-bond acceptors (Lipinski definition) is 5. The highest BCUT2D eigenvalue weighted by atomic mass is 127. The first-order valence-corrected chi connectivity index (χ1v) is 9.64. The van der Waals surface area contributed by atoms with E-state index in [1.54, 1.807) is 18.3 Å². The van der Waals surface area contributed by atoms with Gasteiger partial charge in [-0.2, -0.15) is 5.10 Å². The van der Waals surface area contributed by atoms with E-state index in [1.807, 2.05) is 40.8 Å². The number of ether oxygens (including phenoxy) is 1. The molecule has 0 aliphatic heterocycles. The number of aromatic nitrogens is 1. The summed E-state index contributed by atoms with van der Waals surface area (Å²) in [7, 11) is 0. The van der Waals surface area contributed by atoms with Crippen LogP contribution in [0.1, 0.15) is 5.76 Å². The lowest BCUT2D eigenvalue weighted by Crippen LogP contribution is -2.24. The molecule has 3 rings (SSSR count). The van der Waals surface area contributed by atoms with Crippen molar-refractivity contribution in [3.05, 3.63) is 55.0 Å². The summed E-state index contributed by atoms with van der Waals surface area (Å²) in [5.74, 6) is 0.659. The molecule has 1 amide bonds. The Labute approximate surface area is 173 Å². The Balaban J connectivity index is 1.66. The third-order valence-electron chi connectivity index (χ3n) is 3.07. The van der Waals surface area contributed by atoms with E-state index >= 15 is 0 Å². The van der Waals surface area contributed by atoms with Crippen LogP contribution in [-0.2, 0) is 4.79 Å². The number of halogens is 3. The Bertz CT molecular complexity index is 959. The molecular weight excluding hydrogens is 569 g/mol. The van der Waals surface area contributed by atoms with Crippen molar-refractivity contribution in [1.29, 1.82) is 0 Å². The van der Waals surface area contributed by atoms with Gasteiger partial charge in [0.05, 0.1) is 10.7 Å². The highest BCUT2D eigenvalue weighted by Gasteiger charge is 2.13. The molecule has 6 nitrogen and oxygen atoms in total. The number of carbonyl (C=O) groups is 1. The number of fused-ring (bicyclic) bond motifs is 1. The average molecular weight is 579 g/mol. The van der Waals surface area contributed by atoms with Gasteiger partial charge in [0, 0.05) is 16.1 Å². The van der Waals surface area contributed by atoms with Crippen LogP contribution in [0.2, 0.25) is 0 Å². The summed E-state index contributed by atoms with van der Waals surface area (Å²) in [4.78, 5) is 16.2. The lowest BCUT2D eigenvalue weighted by molar-refractivity contribution is -0.123. The summed E-state index contributed by atoms with van der Waals surface area (Å²) >= 11 is 8.97. The number of benzene rings is 1. The summed E-state index contributed by atoms with van der Waals surface area (Å²) in [6, 6.07) is 9.16. The van der Waals surface area contributed by atoms with Gasteiger partial charge in [-0.15, -0.1) is 0 Å². The van der Waals surface area contributed by atoms with Crippen molar-refractivity contribution < 1.29 is 13.9 Å². The fraction of sp³-hybridized carbons (Fsp3) is 0.0625. The Morgan fingerprint density at radius 3 is 2.96 bits per heavy atom. The van der Waals surface area contributed by atoms with E-state index in [0.717, 1.165) is 13.6 Å². The van der Waals surface area contributed by atoms with E-state index in [4.69, 9.17) is 9.15 Å². The summed E-state index contributed by atoms with van der Waals surface area (Å²) in [5, 5.41) is 4.72. The predicted molar refractivity (Wildman–Crippen MR) is 110 cm³/mol. The molecule has 128 valence electrons. The minimum absolute atomic E-state index is 0.196. The molecule has 1 N–H and O–H groups in total. The fourth-order valence-corrected chi connectivity index (χ4v) is 3.84. The number of pyridine rings is 1. The van der Waals surface area contributed by atoms with E-state index in [9.17, 15) is 4.79 Å². The van der Waals surface area contributed by atoms with Crippen molar-refractivity contribution in [2.75, 3.05) is 6.61 Å². The molecule has 3 aromatic rings. The normalized spacial score (nSPS) is 11.2. The van der Waals surface area contributed by atoms with Gasteiger partial charge in [0.15, 0.2) is 16.1 Å². The van der Waals surface area contributed by atoms with Crippen molar-refractivity contribution in [2.24, 2.45) is 5.10 Å². The zero-order valence-electron chi connectivity index (χ0n) is 12.5. The second kappa shape index (κ2) is 8.28. The zero-order chi connectivity index (χ0) is 17.8. The SMILES string of the molecule is O=C(COc1c(Br)cc(Br)c2cccnc12)N/N=C/c1ccc(I)o1. The number of amides is 1. The number of hydrazone groups is 1.